The molecule has 1 N–H and O–H groups in total. The molecule has 1 heterocycles. The first-order valence-electron chi connectivity index (χ1n) is 5.89. The summed E-state index contributed by atoms with van der Waals surface area (Å²) in [5.41, 5.74) is 1.27. The van der Waals surface area contributed by atoms with Crippen LogP contribution in [-0.4, -0.2) is 16.6 Å². The fraction of sp³-hybridized carbons (Fsp3) is 0.750. The van der Waals surface area contributed by atoms with Crippen molar-refractivity contribution in [2.75, 3.05) is 7.05 Å². The standard InChI is InChI=1S/C12H23N3/c1-5-11(6-2)10(3)15-9-14-8-12(15)7-13-4/h8-11,13H,5-7H2,1-4H3. The maximum Gasteiger partial charge on any atom is 0.0951 e. The molecular formula is C12H23N3. The van der Waals surface area contributed by atoms with E-state index in [1.165, 1.54) is 18.5 Å². The van der Waals surface area contributed by atoms with Crippen molar-refractivity contribution in [3.8, 4) is 0 Å². The minimum atomic E-state index is 0.547. The molecule has 0 spiro atoms. The molecule has 0 aromatic carbocycles. The molecule has 0 saturated carbocycles. The molecule has 3 nitrogen and oxygen atoms in total. The van der Waals surface area contributed by atoms with Crippen LogP contribution in [0.2, 0.25) is 0 Å². The third kappa shape index (κ3) is 2.81. The van der Waals surface area contributed by atoms with Crippen molar-refractivity contribution in [3.05, 3.63) is 18.2 Å². The molecule has 0 aliphatic heterocycles. The van der Waals surface area contributed by atoms with Crippen LogP contribution >= 0.6 is 0 Å². The van der Waals surface area contributed by atoms with E-state index in [2.05, 4.69) is 35.6 Å². The van der Waals surface area contributed by atoms with Crippen LogP contribution in [-0.2, 0) is 6.54 Å². The molecule has 15 heavy (non-hydrogen) atoms. The second-order valence-electron chi connectivity index (χ2n) is 4.14. The number of rotatable bonds is 6. The third-order valence-electron chi connectivity index (χ3n) is 3.27. The van der Waals surface area contributed by atoms with Crippen LogP contribution in [0.3, 0.4) is 0 Å². The summed E-state index contributed by atoms with van der Waals surface area (Å²) in [4.78, 5) is 4.24. The van der Waals surface area contributed by atoms with Gasteiger partial charge in [0.2, 0.25) is 0 Å². The Bertz CT molecular complexity index is 276. The average molecular weight is 209 g/mol. The van der Waals surface area contributed by atoms with Crippen molar-refractivity contribution < 1.29 is 0 Å². The normalized spacial score (nSPS) is 13.4. The van der Waals surface area contributed by atoms with Crippen molar-refractivity contribution in [1.29, 1.82) is 0 Å². The smallest absolute Gasteiger partial charge is 0.0951 e. The van der Waals surface area contributed by atoms with E-state index < -0.39 is 0 Å². The Morgan fingerprint density at radius 1 is 1.40 bits per heavy atom. The number of hydrogen-bond acceptors (Lipinski definition) is 2. The Kier molecular flexibility index (Phi) is 4.82. The molecular weight excluding hydrogens is 186 g/mol. The molecule has 1 rings (SSSR count). The largest absolute Gasteiger partial charge is 0.330 e. The van der Waals surface area contributed by atoms with Gasteiger partial charge in [-0.05, 0) is 19.9 Å². The molecule has 3 heteroatoms. The van der Waals surface area contributed by atoms with E-state index >= 15 is 0 Å². The highest BCUT2D eigenvalue weighted by atomic mass is 15.1. The Hall–Kier alpha value is -0.830. The number of aromatic nitrogens is 2. The maximum atomic E-state index is 4.24. The van der Waals surface area contributed by atoms with Gasteiger partial charge in [0.05, 0.1) is 12.0 Å². The van der Waals surface area contributed by atoms with Crippen LogP contribution in [0.1, 0.15) is 45.3 Å². The zero-order valence-electron chi connectivity index (χ0n) is 10.3. The number of imidazole rings is 1. The molecule has 86 valence electrons. The summed E-state index contributed by atoms with van der Waals surface area (Å²) < 4.78 is 2.30. The van der Waals surface area contributed by atoms with Crippen molar-refractivity contribution in [1.82, 2.24) is 14.9 Å². The molecule has 1 atom stereocenters. The Morgan fingerprint density at radius 2 is 2.07 bits per heavy atom. The molecule has 0 aliphatic carbocycles. The van der Waals surface area contributed by atoms with Gasteiger partial charge in [-0.25, -0.2) is 4.98 Å². The Labute approximate surface area is 92.9 Å². The van der Waals surface area contributed by atoms with Gasteiger partial charge in [0.1, 0.15) is 0 Å². The summed E-state index contributed by atoms with van der Waals surface area (Å²) in [5, 5.41) is 3.18. The predicted molar refractivity (Wildman–Crippen MR) is 63.8 cm³/mol. The number of nitrogens with zero attached hydrogens (tertiary/aromatic N) is 2. The first kappa shape index (κ1) is 12.2. The van der Waals surface area contributed by atoms with Crippen molar-refractivity contribution in [2.24, 2.45) is 5.92 Å². The summed E-state index contributed by atoms with van der Waals surface area (Å²) in [6.45, 7) is 7.71. The van der Waals surface area contributed by atoms with Gasteiger partial charge in [-0.2, -0.15) is 0 Å². The second kappa shape index (κ2) is 5.91. The highest BCUT2D eigenvalue weighted by molar-refractivity contribution is 5.00. The van der Waals surface area contributed by atoms with E-state index in [0.29, 0.717) is 6.04 Å². The van der Waals surface area contributed by atoms with E-state index in [0.717, 1.165) is 12.5 Å². The summed E-state index contributed by atoms with van der Waals surface area (Å²) in [6.07, 6.45) is 6.37. The van der Waals surface area contributed by atoms with Crippen molar-refractivity contribution in [3.63, 3.8) is 0 Å². The predicted octanol–water partition coefficient (Wildman–Crippen LogP) is 2.60. The van der Waals surface area contributed by atoms with Crippen LogP contribution in [0, 0.1) is 5.92 Å². The van der Waals surface area contributed by atoms with Gasteiger partial charge in [-0.15, -0.1) is 0 Å². The number of hydrogen-bond donors (Lipinski definition) is 1. The zero-order valence-corrected chi connectivity index (χ0v) is 10.3. The topological polar surface area (TPSA) is 29.9 Å². The fourth-order valence-corrected chi connectivity index (χ4v) is 2.21. The number of nitrogens with one attached hydrogen (secondary N) is 1. The second-order valence-corrected chi connectivity index (χ2v) is 4.14. The molecule has 1 aromatic heterocycles. The fourth-order valence-electron chi connectivity index (χ4n) is 2.21. The molecule has 0 saturated heterocycles. The monoisotopic (exact) mass is 209 g/mol. The minimum Gasteiger partial charge on any atom is -0.330 e. The van der Waals surface area contributed by atoms with Gasteiger partial charge in [0, 0.05) is 18.8 Å². The maximum absolute atomic E-state index is 4.24. The van der Waals surface area contributed by atoms with Crippen LogP contribution in [0.4, 0.5) is 0 Å². The van der Waals surface area contributed by atoms with Gasteiger partial charge in [0.15, 0.2) is 0 Å². The van der Waals surface area contributed by atoms with Crippen LogP contribution in [0.5, 0.6) is 0 Å². The van der Waals surface area contributed by atoms with Crippen LogP contribution < -0.4 is 5.32 Å². The van der Waals surface area contributed by atoms with Gasteiger partial charge in [-0.1, -0.05) is 26.7 Å². The van der Waals surface area contributed by atoms with Crippen LogP contribution in [0.15, 0.2) is 12.5 Å². The van der Waals surface area contributed by atoms with Crippen molar-refractivity contribution >= 4 is 0 Å². The third-order valence-corrected chi connectivity index (χ3v) is 3.27. The molecule has 1 aromatic rings. The summed E-state index contributed by atoms with van der Waals surface area (Å²) in [5.74, 6) is 0.745. The quantitative estimate of drug-likeness (QED) is 0.780. The summed E-state index contributed by atoms with van der Waals surface area (Å²) in [6, 6.07) is 0.547. The molecule has 0 bridgehead atoms. The van der Waals surface area contributed by atoms with E-state index in [4.69, 9.17) is 0 Å². The van der Waals surface area contributed by atoms with E-state index in [1.807, 2.05) is 19.6 Å². The molecule has 0 fully saturated rings. The first-order valence-corrected chi connectivity index (χ1v) is 5.89. The first-order chi connectivity index (χ1) is 7.24. The summed E-state index contributed by atoms with van der Waals surface area (Å²) in [7, 11) is 1.97. The highest BCUT2D eigenvalue weighted by Gasteiger charge is 2.16. The van der Waals surface area contributed by atoms with Gasteiger partial charge < -0.3 is 9.88 Å². The van der Waals surface area contributed by atoms with Crippen LogP contribution in [0.25, 0.3) is 0 Å². The minimum absolute atomic E-state index is 0.547. The van der Waals surface area contributed by atoms with E-state index in [1.54, 1.807) is 0 Å². The lowest BCUT2D eigenvalue weighted by Crippen LogP contribution is -2.19. The lowest BCUT2D eigenvalue weighted by atomic mass is 9.95. The SMILES string of the molecule is CCC(CC)C(C)n1cncc1CNC. The van der Waals surface area contributed by atoms with Gasteiger partial charge in [0.25, 0.3) is 0 Å². The Balaban J connectivity index is 2.79. The lowest BCUT2D eigenvalue weighted by Gasteiger charge is -2.24. The van der Waals surface area contributed by atoms with E-state index in [9.17, 15) is 0 Å². The van der Waals surface area contributed by atoms with E-state index in [-0.39, 0.29) is 0 Å². The average Bonchev–Trinajstić information content (AvgIpc) is 2.68. The molecule has 1 unspecified atom stereocenters. The lowest BCUT2D eigenvalue weighted by molar-refractivity contribution is 0.326. The van der Waals surface area contributed by atoms with Gasteiger partial charge in [-0.3, -0.25) is 0 Å². The Morgan fingerprint density at radius 3 is 2.60 bits per heavy atom. The van der Waals surface area contributed by atoms with Crippen molar-refractivity contribution in [2.45, 2.75) is 46.2 Å². The molecule has 0 amide bonds. The summed E-state index contributed by atoms with van der Waals surface area (Å²) >= 11 is 0. The molecule has 0 radical (unpaired) electrons. The molecule has 0 aliphatic rings. The highest BCUT2D eigenvalue weighted by Crippen LogP contribution is 2.25. The van der Waals surface area contributed by atoms with Gasteiger partial charge >= 0.3 is 0 Å². The zero-order chi connectivity index (χ0) is 11.3.